The fourth-order valence-corrected chi connectivity index (χ4v) is 2.44. The predicted octanol–water partition coefficient (Wildman–Crippen LogP) is 4.61. The van der Waals surface area contributed by atoms with Gasteiger partial charge in [-0.25, -0.2) is 5.43 Å². The number of nitrogens with one attached hydrogen (secondary N) is 1. The molecule has 0 spiro atoms. The van der Waals surface area contributed by atoms with Gasteiger partial charge < -0.3 is 4.74 Å². The van der Waals surface area contributed by atoms with E-state index in [-0.39, 0.29) is 5.91 Å². The zero-order valence-electron chi connectivity index (χ0n) is 13.3. The molecule has 126 valence electrons. The monoisotopic (exact) mass is 364 g/mol. The van der Waals surface area contributed by atoms with Crippen LogP contribution in [-0.2, 0) is 4.79 Å². The van der Waals surface area contributed by atoms with E-state index >= 15 is 0 Å². The van der Waals surface area contributed by atoms with Crippen molar-refractivity contribution in [3.8, 4) is 5.75 Å². The smallest absolute Gasteiger partial charge is 0.240 e. The molecule has 24 heavy (non-hydrogen) atoms. The van der Waals surface area contributed by atoms with Gasteiger partial charge in [0.25, 0.3) is 0 Å². The minimum Gasteiger partial charge on any atom is -0.493 e. The average molecular weight is 365 g/mol. The number of halogens is 2. The Morgan fingerprint density at radius 1 is 1.21 bits per heavy atom. The Kier molecular flexibility index (Phi) is 7.09. The second-order valence-corrected chi connectivity index (χ2v) is 6.08. The number of hydrogen-bond acceptors (Lipinski definition) is 3. The van der Waals surface area contributed by atoms with E-state index < -0.39 is 0 Å². The predicted molar refractivity (Wildman–Crippen MR) is 98.1 cm³/mol. The van der Waals surface area contributed by atoms with Crippen molar-refractivity contribution in [3.63, 3.8) is 0 Å². The van der Waals surface area contributed by atoms with E-state index in [1.54, 1.807) is 24.4 Å². The number of hydrazone groups is 1. The lowest BCUT2D eigenvalue weighted by Gasteiger charge is -2.08. The number of rotatable bonds is 7. The molecule has 1 N–H and O–H groups in total. The van der Waals surface area contributed by atoms with Gasteiger partial charge in [0, 0.05) is 16.5 Å². The molecule has 0 aliphatic heterocycles. The highest BCUT2D eigenvalue weighted by atomic mass is 35.5. The summed E-state index contributed by atoms with van der Waals surface area (Å²) in [6.45, 7) is 2.38. The molecule has 0 atom stereocenters. The molecule has 2 aromatic carbocycles. The molecule has 0 unspecified atom stereocenters. The van der Waals surface area contributed by atoms with Crippen molar-refractivity contribution in [3.05, 3.63) is 63.6 Å². The van der Waals surface area contributed by atoms with Gasteiger partial charge in [-0.15, -0.1) is 0 Å². The first-order valence-electron chi connectivity index (χ1n) is 7.51. The lowest BCUT2D eigenvalue weighted by Crippen LogP contribution is -2.18. The molecule has 0 saturated heterocycles. The summed E-state index contributed by atoms with van der Waals surface area (Å²) < 4.78 is 5.64. The number of carbonyl (C=O) groups is 1. The number of amides is 1. The van der Waals surface area contributed by atoms with Crippen molar-refractivity contribution < 1.29 is 9.53 Å². The first-order valence-corrected chi connectivity index (χ1v) is 8.26. The van der Waals surface area contributed by atoms with E-state index in [9.17, 15) is 4.79 Å². The van der Waals surface area contributed by atoms with Gasteiger partial charge in [-0.2, -0.15) is 5.10 Å². The molecule has 2 rings (SSSR count). The van der Waals surface area contributed by atoms with Crippen molar-refractivity contribution in [1.29, 1.82) is 0 Å². The Morgan fingerprint density at radius 3 is 2.75 bits per heavy atom. The number of ether oxygens (including phenoxy) is 1. The van der Waals surface area contributed by atoms with E-state index in [0.717, 1.165) is 16.9 Å². The SMILES string of the molecule is Cc1cc(Cl)ccc1OCCCC(=O)NN=Cc1cccc(Cl)c1. The standard InChI is InChI=1S/C18H18Cl2N2O2/c1-13-10-16(20)7-8-17(13)24-9-3-6-18(23)22-21-12-14-4-2-5-15(19)11-14/h2,4-5,7-8,10-12H,3,6,9H2,1H3,(H,22,23). The molecule has 0 radical (unpaired) electrons. The van der Waals surface area contributed by atoms with Crippen molar-refractivity contribution in [2.24, 2.45) is 5.10 Å². The molecule has 0 saturated carbocycles. The first-order chi connectivity index (χ1) is 11.5. The molecule has 0 aliphatic rings. The molecule has 0 bridgehead atoms. The minimum atomic E-state index is -0.162. The summed E-state index contributed by atoms with van der Waals surface area (Å²) in [4.78, 5) is 11.7. The highest BCUT2D eigenvalue weighted by molar-refractivity contribution is 6.31. The molecule has 0 aliphatic carbocycles. The van der Waals surface area contributed by atoms with Crippen LogP contribution in [0.5, 0.6) is 5.75 Å². The maximum Gasteiger partial charge on any atom is 0.240 e. The van der Waals surface area contributed by atoms with Crippen LogP contribution in [0.25, 0.3) is 0 Å². The van der Waals surface area contributed by atoms with Gasteiger partial charge in [0.15, 0.2) is 0 Å². The largest absolute Gasteiger partial charge is 0.493 e. The average Bonchev–Trinajstić information content (AvgIpc) is 2.53. The maximum atomic E-state index is 11.7. The summed E-state index contributed by atoms with van der Waals surface area (Å²) in [6, 6.07) is 12.7. The molecular formula is C18H18Cl2N2O2. The summed E-state index contributed by atoms with van der Waals surface area (Å²) in [7, 11) is 0. The molecule has 0 fully saturated rings. The number of benzene rings is 2. The van der Waals surface area contributed by atoms with E-state index in [1.807, 2.05) is 31.2 Å². The van der Waals surface area contributed by atoms with Gasteiger partial charge in [-0.05, 0) is 54.8 Å². The van der Waals surface area contributed by atoms with Gasteiger partial charge in [0.1, 0.15) is 5.75 Å². The summed E-state index contributed by atoms with van der Waals surface area (Å²) in [6.07, 6.45) is 2.48. The van der Waals surface area contributed by atoms with Crippen LogP contribution in [0.4, 0.5) is 0 Å². The van der Waals surface area contributed by atoms with Crippen LogP contribution in [0.15, 0.2) is 47.6 Å². The molecule has 6 heteroatoms. The molecular weight excluding hydrogens is 347 g/mol. The lowest BCUT2D eigenvalue weighted by molar-refractivity contribution is -0.121. The molecule has 0 aromatic heterocycles. The fraction of sp³-hybridized carbons (Fsp3) is 0.222. The summed E-state index contributed by atoms with van der Waals surface area (Å²) in [5, 5.41) is 5.21. The minimum absolute atomic E-state index is 0.162. The van der Waals surface area contributed by atoms with Crippen LogP contribution >= 0.6 is 23.2 Å². The quantitative estimate of drug-likeness (QED) is 0.443. The first kappa shape index (κ1) is 18.3. The van der Waals surface area contributed by atoms with Gasteiger partial charge in [-0.3, -0.25) is 4.79 Å². The van der Waals surface area contributed by atoms with Crippen LogP contribution in [0.2, 0.25) is 10.0 Å². The third-order valence-corrected chi connectivity index (χ3v) is 3.66. The maximum absolute atomic E-state index is 11.7. The van der Waals surface area contributed by atoms with Crippen molar-refractivity contribution in [1.82, 2.24) is 5.43 Å². The van der Waals surface area contributed by atoms with Crippen LogP contribution in [0.1, 0.15) is 24.0 Å². The molecule has 4 nitrogen and oxygen atoms in total. The highest BCUT2D eigenvalue weighted by Gasteiger charge is 2.02. The van der Waals surface area contributed by atoms with Crippen molar-refractivity contribution in [2.45, 2.75) is 19.8 Å². The molecule has 2 aromatic rings. The topological polar surface area (TPSA) is 50.7 Å². The second-order valence-electron chi connectivity index (χ2n) is 5.21. The van der Waals surface area contributed by atoms with Crippen LogP contribution < -0.4 is 10.2 Å². The lowest BCUT2D eigenvalue weighted by atomic mass is 10.2. The Bertz CT molecular complexity index is 733. The van der Waals surface area contributed by atoms with E-state index in [4.69, 9.17) is 27.9 Å². The zero-order chi connectivity index (χ0) is 17.4. The number of nitrogens with zero attached hydrogens (tertiary/aromatic N) is 1. The number of carbonyl (C=O) groups excluding carboxylic acids is 1. The third-order valence-electron chi connectivity index (χ3n) is 3.19. The number of hydrogen-bond donors (Lipinski definition) is 1. The highest BCUT2D eigenvalue weighted by Crippen LogP contribution is 2.21. The summed E-state index contributed by atoms with van der Waals surface area (Å²) >= 11 is 11.8. The van der Waals surface area contributed by atoms with Crippen molar-refractivity contribution in [2.75, 3.05) is 6.61 Å². The van der Waals surface area contributed by atoms with Gasteiger partial charge in [0.05, 0.1) is 12.8 Å². The Hall–Kier alpha value is -2.04. The Balaban J connectivity index is 1.68. The zero-order valence-corrected chi connectivity index (χ0v) is 14.8. The molecule has 0 heterocycles. The van der Waals surface area contributed by atoms with Gasteiger partial charge >= 0.3 is 0 Å². The Labute approximate surface area is 151 Å². The van der Waals surface area contributed by atoms with E-state index in [0.29, 0.717) is 29.5 Å². The normalized spacial score (nSPS) is 10.8. The summed E-state index contributed by atoms with van der Waals surface area (Å²) in [5.41, 5.74) is 4.28. The van der Waals surface area contributed by atoms with Crippen LogP contribution in [0, 0.1) is 6.92 Å². The second kappa shape index (κ2) is 9.30. The van der Waals surface area contributed by atoms with E-state index in [2.05, 4.69) is 10.5 Å². The van der Waals surface area contributed by atoms with Crippen LogP contribution in [0.3, 0.4) is 0 Å². The fourth-order valence-electron chi connectivity index (χ4n) is 2.01. The van der Waals surface area contributed by atoms with Crippen LogP contribution in [-0.4, -0.2) is 18.7 Å². The van der Waals surface area contributed by atoms with Gasteiger partial charge in [-0.1, -0.05) is 35.3 Å². The number of aryl methyl sites for hydroxylation is 1. The summed E-state index contributed by atoms with van der Waals surface area (Å²) in [5.74, 6) is 0.614. The van der Waals surface area contributed by atoms with E-state index in [1.165, 1.54) is 0 Å². The van der Waals surface area contributed by atoms with Gasteiger partial charge in [0.2, 0.25) is 5.91 Å². The third kappa shape index (κ3) is 6.22. The molecule has 1 amide bonds. The van der Waals surface area contributed by atoms with Crippen molar-refractivity contribution >= 4 is 35.3 Å². The Morgan fingerprint density at radius 2 is 2.00 bits per heavy atom.